The monoisotopic (exact) mass is 1060 g/mol. The fraction of sp³-hybridized carbons (Fsp3) is 0.607. The van der Waals surface area contributed by atoms with Gasteiger partial charge < -0.3 is 44.4 Å². The van der Waals surface area contributed by atoms with Crippen LogP contribution in [-0.2, 0) is 75.5 Å². The lowest BCUT2D eigenvalue weighted by Crippen LogP contribution is -2.41. The lowest BCUT2D eigenvalue weighted by molar-refractivity contribution is -0.145. The van der Waals surface area contributed by atoms with Crippen molar-refractivity contribution in [2.45, 2.75) is 202 Å². The Morgan fingerprint density at radius 2 is 0.579 bits per heavy atom. The number of rotatable bonds is 18. The highest BCUT2D eigenvalue weighted by Crippen LogP contribution is 2.55. The molecule has 0 aliphatic carbocycles. The third kappa shape index (κ3) is 16.7. The van der Waals surface area contributed by atoms with E-state index in [1.807, 2.05) is 18.2 Å². The molecule has 422 valence electrons. The quantitative estimate of drug-likeness (QED) is 0.0621. The van der Waals surface area contributed by atoms with Gasteiger partial charge in [-0.25, -0.2) is 14.4 Å². The average Bonchev–Trinajstić information content (AvgIpc) is 3.29. The second-order valence-electron chi connectivity index (χ2n) is 26.0. The summed E-state index contributed by atoms with van der Waals surface area (Å²) >= 11 is 0. The van der Waals surface area contributed by atoms with Crippen molar-refractivity contribution >= 4 is 35.6 Å². The number of hydrogen-bond donors (Lipinski definition) is 3. The van der Waals surface area contributed by atoms with Gasteiger partial charge in [0.1, 0.15) is 35.4 Å². The third-order valence-corrected chi connectivity index (χ3v) is 13.2. The minimum absolute atomic E-state index is 0.355. The Kier molecular flexibility index (Phi) is 20.7. The van der Waals surface area contributed by atoms with Crippen molar-refractivity contribution in [1.82, 2.24) is 16.0 Å². The molecule has 0 unspecified atom stereocenters. The zero-order valence-corrected chi connectivity index (χ0v) is 50.3. The van der Waals surface area contributed by atoms with Gasteiger partial charge in [0.05, 0.1) is 21.3 Å². The van der Waals surface area contributed by atoms with E-state index in [1.54, 1.807) is 0 Å². The van der Waals surface area contributed by atoms with Crippen LogP contribution in [0.5, 0.6) is 17.2 Å². The molecule has 0 bridgehead atoms. The van der Waals surface area contributed by atoms with Crippen molar-refractivity contribution in [1.29, 1.82) is 0 Å². The van der Waals surface area contributed by atoms with Crippen LogP contribution in [-0.4, -0.2) is 94.9 Å². The smallest absolute Gasteiger partial charge is 0.328 e. The number of methoxy groups -OCH3 is 3. The summed E-state index contributed by atoms with van der Waals surface area (Å²) in [6, 6.07) is 9.51. The van der Waals surface area contributed by atoms with Crippen molar-refractivity contribution in [2.75, 3.05) is 41.2 Å². The first-order valence-electron chi connectivity index (χ1n) is 26.1. The third-order valence-electron chi connectivity index (χ3n) is 13.2. The molecule has 3 aromatic rings. The maximum absolute atomic E-state index is 13.9. The normalized spacial score (nSPS) is 13.7. The van der Waals surface area contributed by atoms with Crippen LogP contribution in [0, 0.1) is 0 Å². The van der Waals surface area contributed by atoms with Crippen LogP contribution in [0.25, 0.3) is 0 Å². The molecule has 3 amide bonds. The lowest BCUT2D eigenvalue weighted by Gasteiger charge is -2.39. The van der Waals surface area contributed by atoms with Gasteiger partial charge in [-0.05, 0) is 105 Å². The van der Waals surface area contributed by atoms with Crippen molar-refractivity contribution in [3.05, 3.63) is 86.5 Å². The van der Waals surface area contributed by atoms with E-state index >= 15 is 0 Å². The summed E-state index contributed by atoms with van der Waals surface area (Å²) in [5.41, 5.74) is 4.06. The topological polar surface area (TPSA) is 194 Å². The van der Waals surface area contributed by atoms with Crippen molar-refractivity contribution in [2.24, 2.45) is 0 Å². The molecule has 0 radical (unpaired) electrons. The van der Waals surface area contributed by atoms with Gasteiger partial charge in [0.25, 0.3) is 17.7 Å². The van der Waals surface area contributed by atoms with Gasteiger partial charge in [0.15, 0.2) is 19.8 Å². The Balaban J connectivity index is 2.93. The summed E-state index contributed by atoms with van der Waals surface area (Å²) < 4.78 is 35.4. The fourth-order valence-electron chi connectivity index (χ4n) is 8.71. The molecule has 0 aromatic heterocycles. The fourth-order valence-corrected chi connectivity index (χ4v) is 8.71. The molecule has 3 atom stereocenters. The van der Waals surface area contributed by atoms with Crippen molar-refractivity contribution < 1.29 is 57.2 Å². The van der Waals surface area contributed by atoms with E-state index in [1.165, 1.54) is 42.1 Å². The second-order valence-corrected chi connectivity index (χ2v) is 26.0. The van der Waals surface area contributed by atoms with E-state index in [9.17, 15) is 28.8 Å². The first kappa shape index (κ1) is 64.2. The number of ether oxygens (including phenoxy) is 6. The minimum atomic E-state index is -0.967. The van der Waals surface area contributed by atoms with Crippen LogP contribution in [0.3, 0.4) is 0 Å². The lowest BCUT2D eigenvalue weighted by atomic mass is 9.66. The summed E-state index contributed by atoms with van der Waals surface area (Å²) in [6.07, 6.45) is 0. The predicted molar refractivity (Wildman–Crippen MR) is 298 cm³/mol. The van der Waals surface area contributed by atoms with Gasteiger partial charge in [-0.1, -0.05) is 143 Å². The van der Waals surface area contributed by atoms with Gasteiger partial charge in [-0.3, -0.25) is 14.4 Å². The SMILES string of the molecule is COC(=O)[C@H](C)NC(=O)COc1cc(C(C)(C)C)cc(C(C)(C)C)c1C(c1c(OCC(=O)N[C@@H](C)C(=O)OC)cc(C(C)(C)C)cc1C(C)(C)C)c1c(OCC(=O)N[C@@H](C)C(=O)OC)cc(C(C)(C)C)cc1C(C)(C)C. The molecule has 15 nitrogen and oxygen atoms in total. The highest BCUT2D eigenvalue weighted by molar-refractivity contribution is 5.86. The molecule has 0 fully saturated rings. The molecule has 15 heteroatoms. The summed E-state index contributed by atoms with van der Waals surface area (Å²) in [5, 5.41) is 8.13. The molecule has 0 saturated heterocycles. The average molecular weight is 1060 g/mol. The van der Waals surface area contributed by atoms with Crippen LogP contribution in [0.15, 0.2) is 36.4 Å². The Labute approximate surface area is 454 Å². The Morgan fingerprint density at radius 3 is 0.750 bits per heavy atom. The molecule has 0 spiro atoms. The summed E-state index contributed by atoms with van der Waals surface area (Å²) in [7, 11) is 3.75. The van der Waals surface area contributed by atoms with Gasteiger partial charge in [-0.2, -0.15) is 0 Å². The molecular weight excluding hydrogens is 967 g/mol. The van der Waals surface area contributed by atoms with E-state index < -0.39 is 112 Å². The van der Waals surface area contributed by atoms with Gasteiger partial charge in [-0.15, -0.1) is 0 Å². The van der Waals surface area contributed by atoms with Gasteiger partial charge in [0.2, 0.25) is 0 Å². The second kappa shape index (κ2) is 24.5. The van der Waals surface area contributed by atoms with Crippen LogP contribution < -0.4 is 30.2 Å². The maximum atomic E-state index is 13.9. The Bertz CT molecular complexity index is 2320. The molecule has 0 aliphatic rings. The standard InChI is InChI=1S/C61H91N3O12/c1-34(53(68)71-22)62-46(65)31-74-43-28-37(56(4,5)6)25-40(59(13,14)15)49(43)52(50-41(60(16,17)18)26-38(57(7,8)9)29-44(50)75-32-47(66)63-35(2)54(69)72-23)51-42(61(19,20)21)27-39(58(10,11)12)30-45(51)76-33-48(67)64-36(3)55(70)73-24/h25-30,34-36,52H,31-33H2,1-24H3,(H,62,65)(H,63,66)(H,64,67)/t34-,35-,36-/m0/s1. The molecular formula is C61H91N3O12. The van der Waals surface area contributed by atoms with Crippen molar-refractivity contribution in [3.63, 3.8) is 0 Å². The number of hydrogen-bond acceptors (Lipinski definition) is 12. The highest BCUT2D eigenvalue weighted by Gasteiger charge is 2.42. The Morgan fingerprint density at radius 1 is 0.368 bits per heavy atom. The number of nitrogens with one attached hydrogen (secondary N) is 3. The zero-order chi connectivity index (χ0) is 58.4. The number of carbonyl (C=O) groups is 6. The van der Waals surface area contributed by atoms with Gasteiger partial charge >= 0.3 is 17.9 Å². The first-order valence-corrected chi connectivity index (χ1v) is 26.1. The van der Waals surface area contributed by atoms with E-state index in [0.29, 0.717) is 33.9 Å². The number of amides is 3. The summed E-state index contributed by atoms with van der Waals surface area (Å²) in [5.74, 6) is -3.44. The predicted octanol–water partition coefficient (Wildman–Crippen LogP) is 9.82. The van der Waals surface area contributed by atoms with Crippen LogP contribution >= 0.6 is 0 Å². The Hall–Kier alpha value is -6.12. The highest BCUT2D eigenvalue weighted by atomic mass is 16.5. The molecule has 3 aromatic carbocycles. The zero-order valence-electron chi connectivity index (χ0n) is 50.3. The van der Waals surface area contributed by atoms with E-state index in [4.69, 9.17) is 28.4 Å². The van der Waals surface area contributed by atoms with Gasteiger partial charge in [0, 0.05) is 22.6 Å². The number of benzene rings is 3. The van der Waals surface area contributed by atoms with Crippen LogP contribution in [0.2, 0.25) is 0 Å². The summed E-state index contributed by atoms with van der Waals surface area (Å²) in [4.78, 5) is 79.4. The molecule has 0 saturated carbocycles. The molecule has 0 aliphatic heterocycles. The van der Waals surface area contributed by atoms with E-state index in [2.05, 4.69) is 159 Å². The van der Waals surface area contributed by atoms with Crippen LogP contribution in [0.4, 0.5) is 0 Å². The molecule has 3 N–H and O–H groups in total. The number of carbonyl (C=O) groups excluding carboxylic acids is 6. The molecule has 76 heavy (non-hydrogen) atoms. The molecule has 0 heterocycles. The van der Waals surface area contributed by atoms with Crippen molar-refractivity contribution in [3.8, 4) is 17.2 Å². The summed E-state index contributed by atoms with van der Waals surface area (Å²) in [6.45, 7) is 41.0. The first-order chi connectivity index (χ1) is 34.6. The number of esters is 3. The van der Waals surface area contributed by atoms with Crippen LogP contribution in [0.1, 0.15) is 201 Å². The molecule has 3 rings (SSSR count). The maximum Gasteiger partial charge on any atom is 0.328 e. The minimum Gasteiger partial charge on any atom is -0.483 e. The van der Waals surface area contributed by atoms with E-state index in [-0.39, 0.29) is 0 Å². The largest absolute Gasteiger partial charge is 0.483 e. The van der Waals surface area contributed by atoms with E-state index in [0.717, 1.165) is 33.4 Å².